The fourth-order valence-electron chi connectivity index (χ4n) is 2.37. The second-order valence-corrected chi connectivity index (χ2v) is 5.60. The van der Waals surface area contributed by atoms with Crippen LogP contribution < -0.4 is 15.4 Å². The van der Waals surface area contributed by atoms with Crippen LogP contribution in [0.1, 0.15) is 13.8 Å². The van der Waals surface area contributed by atoms with Crippen molar-refractivity contribution in [3.05, 3.63) is 24.0 Å². The molecule has 0 radical (unpaired) electrons. The van der Waals surface area contributed by atoms with E-state index < -0.39 is 11.4 Å². The van der Waals surface area contributed by atoms with E-state index in [-0.39, 0.29) is 11.6 Å². The van der Waals surface area contributed by atoms with Gasteiger partial charge in [0.05, 0.1) is 18.3 Å². The number of benzene rings is 1. The highest BCUT2D eigenvalue weighted by Gasteiger charge is 2.35. The van der Waals surface area contributed by atoms with Gasteiger partial charge in [0.2, 0.25) is 5.91 Å². The van der Waals surface area contributed by atoms with E-state index in [0.29, 0.717) is 5.75 Å². The number of ether oxygens (including phenoxy) is 1. The average Bonchev–Trinajstić information content (AvgIpc) is 2.50. The van der Waals surface area contributed by atoms with E-state index >= 15 is 0 Å². The summed E-state index contributed by atoms with van der Waals surface area (Å²) >= 11 is 0. The molecule has 1 aromatic carbocycles. The van der Waals surface area contributed by atoms with Gasteiger partial charge in [-0.15, -0.1) is 0 Å². The van der Waals surface area contributed by atoms with Crippen molar-refractivity contribution < 1.29 is 13.9 Å². The molecule has 1 saturated heterocycles. The van der Waals surface area contributed by atoms with Crippen LogP contribution in [0.3, 0.4) is 0 Å². The van der Waals surface area contributed by atoms with Crippen molar-refractivity contribution in [1.82, 2.24) is 10.2 Å². The van der Waals surface area contributed by atoms with Crippen molar-refractivity contribution in [2.24, 2.45) is 0 Å². The normalized spacial score (nSPS) is 16.6. The third kappa shape index (κ3) is 3.51. The predicted molar refractivity (Wildman–Crippen MR) is 80.1 cm³/mol. The summed E-state index contributed by atoms with van der Waals surface area (Å²) in [5.41, 5.74) is -0.556. The van der Waals surface area contributed by atoms with Gasteiger partial charge >= 0.3 is 0 Å². The van der Waals surface area contributed by atoms with E-state index in [0.717, 1.165) is 26.2 Å². The highest BCUT2D eigenvalue weighted by Crippen LogP contribution is 2.24. The number of halogens is 1. The van der Waals surface area contributed by atoms with E-state index in [1.54, 1.807) is 0 Å². The maximum atomic E-state index is 13.8. The van der Waals surface area contributed by atoms with Gasteiger partial charge in [-0.1, -0.05) is 0 Å². The summed E-state index contributed by atoms with van der Waals surface area (Å²) in [5, 5.41) is 5.92. The second kappa shape index (κ2) is 6.41. The van der Waals surface area contributed by atoms with E-state index in [9.17, 15) is 9.18 Å². The lowest BCUT2D eigenvalue weighted by Crippen LogP contribution is -2.58. The van der Waals surface area contributed by atoms with E-state index in [2.05, 4.69) is 15.5 Å². The molecule has 5 nitrogen and oxygen atoms in total. The van der Waals surface area contributed by atoms with Crippen LogP contribution in [0.25, 0.3) is 0 Å². The standard InChI is InChI=1S/C15H22FN3O2/c1-15(2,19-8-6-17-7-9-19)14(20)18-13-10-11(21-3)4-5-12(13)16/h4-5,10,17H,6-9H2,1-3H3,(H,18,20). The molecule has 2 N–H and O–H groups in total. The van der Waals surface area contributed by atoms with Crippen molar-refractivity contribution in [2.45, 2.75) is 19.4 Å². The second-order valence-electron chi connectivity index (χ2n) is 5.60. The van der Waals surface area contributed by atoms with Crippen LogP contribution in [-0.2, 0) is 4.79 Å². The van der Waals surface area contributed by atoms with Gasteiger partial charge in [0.25, 0.3) is 0 Å². The topological polar surface area (TPSA) is 53.6 Å². The Morgan fingerprint density at radius 3 is 2.67 bits per heavy atom. The van der Waals surface area contributed by atoms with Gasteiger partial charge in [0.15, 0.2) is 0 Å². The van der Waals surface area contributed by atoms with E-state index in [1.807, 2.05) is 13.8 Å². The van der Waals surface area contributed by atoms with Gasteiger partial charge in [-0.3, -0.25) is 9.69 Å². The molecule has 0 bridgehead atoms. The Morgan fingerprint density at radius 1 is 1.38 bits per heavy atom. The number of rotatable bonds is 4. The Bertz CT molecular complexity index is 514. The van der Waals surface area contributed by atoms with Crippen LogP contribution in [0, 0.1) is 5.82 Å². The van der Waals surface area contributed by atoms with Crippen molar-refractivity contribution in [3.8, 4) is 5.75 Å². The van der Waals surface area contributed by atoms with Gasteiger partial charge in [-0.25, -0.2) is 4.39 Å². The van der Waals surface area contributed by atoms with Crippen LogP contribution in [0.5, 0.6) is 5.75 Å². The number of anilines is 1. The fraction of sp³-hybridized carbons (Fsp3) is 0.533. The number of carbonyl (C=O) groups is 1. The van der Waals surface area contributed by atoms with E-state index in [4.69, 9.17) is 4.74 Å². The van der Waals surface area contributed by atoms with Crippen molar-refractivity contribution in [1.29, 1.82) is 0 Å². The molecule has 1 amide bonds. The lowest BCUT2D eigenvalue weighted by molar-refractivity contribution is -0.126. The molecule has 0 aromatic heterocycles. The van der Waals surface area contributed by atoms with Crippen LogP contribution in [0.15, 0.2) is 18.2 Å². The zero-order valence-corrected chi connectivity index (χ0v) is 12.7. The minimum Gasteiger partial charge on any atom is -0.497 e. The molecular weight excluding hydrogens is 273 g/mol. The van der Waals surface area contributed by atoms with Crippen molar-refractivity contribution in [2.75, 3.05) is 38.6 Å². The first-order chi connectivity index (χ1) is 9.95. The first-order valence-corrected chi connectivity index (χ1v) is 7.06. The number of amides is 1. The van der Waals surface area contributed by atoms with Crippen LogP contribution in [0.2, 0.25) is 0 Å². The number of methoxy groups -OCH3 is 1. The first kappa shape index (κ1) is 15.7. The molecule has 1 aromatic rings. The Balaban J connectivity index is 2.12. The molecule has 0 spiro atoms. The Labute approximate surface area is 124 Å². The molecule has 2 rings (SSSR count). The maximum Gasteiger partial charge on any atom is 0.244 e. The summed E-state index contributed by atoms with van der Waals surface area (Å²) in [5.74, 6) is -0.191. The summed E-state index contributed by atoms with van der Waals surface area (Å²) in [7, 11) is 1.50. The number of nitrogens with one attached hydrogen (secondary N) is 2. The number of carbonyl (C=O) groups excluding carboxylic acids is 1. The van der Waals surface area contributed by atoms with Gasteiger partial charge in [0.1, 0.15) is 11.6 Å². The van der Waals surface area contributed by atoms with Crippen molar-refractivity contribution >= 4 is 11.6 Å². The van der Waals surface area contributed by atoms with Crippen LogP contribution >= 0.6 is 0 Å². The minimum absolute atomic E-state index is 0.141. The number of hydrogen-bond acceptors (Lipinski definition) is 4. The smallest absolute Gasteiger partial charge is 0.244 e. The minimum atomic E-state index is -0.697. The fourth-order valence-corrected chi connectivity index (χ4v) is 2.37. The molecule has 1 aliphatic rings. The summed E-state index contributed by atoms with van der Waals surface area (Å²) in [6, 6.07) is 4.29. The summed E-state index contributed by atoms with van der Waals surface area (Å²) in [6.07, 6.45) is 0. The molecule has 1 aliphatic heterocycles. The lowest BCUT2D eigenvalue weighted by Gasteiger charge is -2.39. The monoisotopic (exact) mass is 295 g/mol. The number of piperazine rings is 1. The molecule has 6 heteroatoms. The first-order valence-electron chi connectivity index (χ1n) is 7.06. The molecule has 0 unspecified atom stereocenters. The van der Waals surface area contributed by atoms with Gasteiger partial charge < -0.3 is 15.4 Å². The molecule has 116 valence electrons. The SMILES string of the molecule is COc1ccc(F)c(NC(=O)C(C)(C)N2CCNCC2)c1. The quantitative estimate of drug-likeness (QED) is 0.883. The summed E-state index contributed by atoms with van der Waals surface area (Å²) in [4.78, 5) is 14.6. The average molecular weight is 295 g/mol. The zero-order chi connectivity index (χ0) is 15.5. The van der Waals surface area contributed by atoms with Gasteiger partial charge in [-0.05, 0) is 26.0 Å². The molecule has 0 atom stereocenters. The lowest BCUT2D eigenvalue weighted by atomic mass is 10.00. The molecule has 21 heavy (non-hydrogen) atoms. The third-order valence-electron chi connectivity index (χ3n) is 3.88. The Morgan fingerprint density at radius 2 is 2.05 bits per heavy atom. The molecule has 0 aliphatic carbocycles. The molecule has 1 heterocycles. The highest BCUT2D eigenvalue weighted by molar-refractivity contribution is 5.97. The molecular formula is C15H22FN3O2. The highest BCUT2D eigenvalue weighted by atomic mass is 19.1. The van der Waals surface area contributed by atoms with Crippen LogP contribution in [-0.4, -0.2) is 49.6 Å². The Kier molecular flexibility index (Phi) is 4.80. The summed E-state index contributed by atoms with van der Waals surface area (Å²) in [6.45, 7) is 6.99. The van der Waals surface area contributed by atoms with Gasteiger partial charge in [0, 0.05) is 32.2 Å². The number of nitrogens with zero attached hydrogens (tertiary/aromatic N) is 1. The largest absolute Gasteiger partial charge is 0.497 e. The zero-order valence-electron chi connectivity index (χ0n) is 12.7. The van der Waals surface area contributed by atoms with Crippen LogP contribution in [0.4, 0.5) is 10.1 Å². The van der Waals surface area contributed by atoms with Crippen molar-refractivity contribution in [3.63, 3.8) is 0 Å². The van der Waals surface area contributed by atoms with E-state index in [1.165, 1.54) is 25.3 Å². The predicted octanol–water partition coefficient (Wildman–Crippen LogP) is 1.46. The van der Waals surface area contributed by atoms with Gasteiger partial charge in [-0.2, -0.15) is 0 Å². The number of hydrogen-bond donors (Lipinski definition) is 2. The maximum absolute atomic E-state index is 13.8. The molecule has 1 fully saturated rings. The molecule has 0 saturated carbocycles. The third-order valence-corrected chi connectivity index (χ3v) is 3.88. The Hall–Kier alpha value is -1.66. The summed E-state index contributed by atoms with van der Waals surface area (Å²) < 4.78 is 18.9.